The first-order valence-corrected chi connectivity index (χ1v) is 9.59. The maximum atomic E-state index is 6.07. The third-order valence-electron chi connectivity index (χ3n) is 3.80. The van der Waals surface area contributed by atoms with E-state index in [0.29, 0.717) is 6.54 Å². The average Bonchev–Trinajstić information content (AvgIpc) is 3.06. The molecule has 0 aliphatic rings. The number of halogens is 2. The molecular weight excluding hydrogens is 416 g/mol. The van der Waals surface area contributed by atoms with E-state index in [4.69, 9.17) is 11.6 Å². The van der Waals surface area contributed by atoms with Crippen LogP contribution >= 0.6 is 27.5 Å². The highest BCUT2D eigenvalue weighted by molar-refractivity contribution is 9.10. The molecule has 0 unspecified atom stereocenters. The fraction of sp³-hybridized carbons (Fsp3) is 0.278. The molecule has 0 saturated heterocycles. The van der Waals surface area contributed by atoms with E-state index in [0.717, 1.165) is 52.0 Å². The normalized spacial score (nSPS) is 11.7. The quantitative estimate of drug-likeness (QED) is 0.460. The van der Waals surface area contributed by atoms with Gasteiger partial charge in [0.25, 0.3) is 0 Å². The van der Waals surface area contributed by atoms with E-state index >= 15 is 0 Å². The molecule has 2 N–H and O–H groups in total. The lowest BCUT2D eigenvalue weighted by Gasteiger charge is -2.12. The van der Waals surface area contributed by atoms with Gasteiger partial charge in [-0.05, 0) is 49.2 Å². The van der Waals surface area contributed by atoms with Crippen LogP contribution in [0.3, 0.4) is 0 Å². The van der Waals surface area contributed by atoms with E-state index < -0.39 is 0 Å². The molecule has 3 rings (SSSR count). The Hall–Kier alpha value is -2.12. The van der Waals surface area contributed by atoms with E-state index in [9.17, 15) is 0 Å². The lowest BCUT2D eigenvalue weighted by atomic mass is 10.1. The molecule has 0 amide bonds. The van der Waals surface area contributed by atoms with Gasteiger partial charge in [-0.1, -0.05) is 33.6 Å². The van der Waals surface area contributed by atoms with Crippen LogP contribution in [0.25, 0.3) is 5.65 Å². The number of rotatable bonds is 6. The molecule has 136 valence electrons. The molecule has 2 heterocycles. The molecule has 26 heavy (non-hydrogen) atoms. The van der Waals surface area contributed by atoms with Gasteiger partial charge >= 0.3 is 0 Å². The summed E-state index contributed by atoms with van der Waals surface area (Å²) in [6.45, 7) is 4.01. The average molecular weight is 436 g/mol. The van der Waals surface area contributed by atoms with Crippen LogP contribution in [0.5, 0.6) is 0 Å². The second kappa shape index (κ2) is 9.00. The van der Waals surface area contributed by atoms with Crippen molar-refractivity contribution in [2.45, 2.75) is 19.9 Å². The van der Waals surface area contributed by atoms with Gasteiger partial charge in [-0.2, -0.15) is 0 Å². The lowest BCUT2D eigenvalue weighted by Crippen LogP contribution is -2.38. The monoisotopic (exact) mass is 434 g/mol. The molecule has 0 fully saturated rings. The summed E-state index contributed by atoms with van der Waals surface area (Å²) in [7, 11) is 0. The van der Waals surface area contributed by atoms with Crippen LogP contribution in [0.1, 0.15) is 18.3 Å². The van der Waals surface area contributed by atoms with Crippen molar-refractivity contribution in [2.24, 2.45) is 4.99 Å². The largest absolute Gasteiger partial charge is 0.357 e. The van der Waals surface area contributed by atoms with Gasteiger partial charge < -0.3 is 10.6 Å². The molecule has 0 aliphatic heterocycles. The summed E-state index contributed by atoms with van der Waals surface area (Å²) >= 11 is 9.63. The Morgan fingerprint density at radius 1 is 1.23 bits per heavy atom. The van der Waals surface area contributed by atoms with Crippen LogP contribution in [0.4, 0.5) is 0 Å². The molecule has 3 aromatic rings. The minimum atomic E-state index is 0.446. The Bertz CT molecular complexity index is 908. The van der Waals surface area contributed by atoms with Crippen molar-refractivity contribution in [3.05, 3.63) is 63.5 Å². The molecule has 2 aromatic heterocycles. The highest BCUT2D eigenvalue weighted by Gasteiger charge is 2.05. The second-order valence-corrected chi connectivity index (χ2v) is 6.94. The zero-order valence-electron chi connectivity index (χ0n) is 14.4. The summed E-state index contributed by atoms with van der Waals surface area (Å²) < 4.78 is 3.00. The molecule has 0 radical (unpaired) electrons. The number of hydrogen-bond donors (Lipinski definition) is 2. The summed E-state index contributed by atoms with van der Waals surface area (Å²) in [6, 6.07) is 11.6. The number of nitrogens with zero attached hydrogens (tertiary/aromatic N) is 4. The third kappa shape index (κ3) is 4.74. The standard InChI is InChI=1S/C18H20BrClN6/c1-2-21-18(22-9-8-13-11-14(20)6-7-15(13)19)23-12-17-25-24-16-5-3-4-10-26(16)17/h3-7,10-11H,2,8-9,12H2,1H3,(H2,21,22,23). The predicted octanol–water partition coefficient (Wildman–Crippen LogP) is 3.44. The van der Waals surface area contributed by atoms with Gasteiger partial charge in [0.05, 0.1) is 0 Å². The molecule has 0 atom stereocenters. The Morgan fingerprint density at radius 3 is 2.96 bits per heavy atom. The molecular formula is C18H20BrClN6. The molecule has 8 heteroatoms. The first kappa shape index (κ1) is 18.7. The minimum absolute atomic E-state index is 0.446. The van der Waals surface area contributed by atoms with Crippen LogP contribution in [0, 0.1) is 0 Å². The fourth-order valence-electron chi connectivity index (χ4n) is 2.54. The molecule has 0 bridgehead atoms. The summed E-state index contributed by atoms with van der Waals surface area (Å²) in [5.41, 5.74) is 1.98. The Kier molecular flexibility index (Phi) is 6.46. The van der Waals surface area contributed by atoms with Crippen molar-refractivity contribution < 1.29 is 0 Å². The molecule has 6 nitrogen and oxygen atoms in total. The van der Waals surface area contributed by atoms with Crippen LogP contribution in [-0.4, -0.2) is 33.6 Å². The number of pyridine rings is 1. The minimum Gasteiger partial charge on any atom is -0.357 e. The zero-order valence-corrected chi connectivity index (χ0v) is 16.8. The van der Waals surface area contributed by atoms with Crippen molar-refractivity contribution in [1.82, 2.24) is 25.2 Å². The number of guanidine groups is 1. The number of aliphatic imine (C=N–C) groups is 1. The fourth-order valence-corrected chi connectivity index (χ4v) is 3.18. The molecule has 0 spiro atoms. The number of benzene rings is 1. The smallest absolute Gasteiger partial charge is 0.191 e. The SMILES string of the molecule is CCNC(=NCc1nnc2ccccn12)NCCc1cc(Cl)ccc1Br. The summed E-state index contributed by atoms with van der Waals surface area (Å²) in [5, 5.41) is 15.7. The van der Waals surface area contributed by atoms with E-state index in [1.54, 1.807) is 0 Å². The van der Waals surface area contributed by atoms with E-state index in [-0.39, 0.29) is 0 Å². The zero-order chi connectivity index (χ0) is 18.4. The van der Waals surface area contributed by atoms with Crippen LogP contribution in [-0.2, 0) is 13.0 Å². The van der Waals surface area contributed by atoms with Crippen molar-refractivity contribution in [3.63, 3.8) is 0 Å². The van der Waals surface area contributed by atoms with Crippen LogP contribution < -0.4 is 10.6 Å². The Morgan fingerprint density at radius 2 is 2.12 bits per heavy atom. The molecule has 0 aliphatic carbocycles. The molecule has 1 aromatic carbocycles. The van der Waals surface area contributed by atoms with Crippen molar-refractivity contribution in [2.75, 3.05) is 13.1 Å². The lowest BCUT2D eigenvalue weighted by molar-refractivity contribution is 0.786. The predicted molar refractivity (Wildman–Crippen MR) is 109 cm³/mol. The van der Waals surface area contributed by atoms with Crippen LogP contribution in [0.2, 0.25) is 5.02 Å². The van der Waals surface area contributed by atoms with Crippen LogP contribution in [0.15, 0.2) is 52.1 Å². The van der Waals surface area contributed by atoms with Gasteiger partial charge in [0.1, 0.15) is 6.54 Å². The first-order valence-electron chi connectivity index (χ1n) is 8.42. The van der Waals surface area contributed by atoms with Gasteiger partial charge in [0.15, 0.2) is 17.4 Å². The number of nitrogens with one attached hydrogen (secondary N) is 2. The maximum absolute atomic E-state index is 6.07. The number of aromatic nitrogens is 3. The second-order valence-electron chi connectivity index (χ2n) is 5.65. The van der Waals surface area contributed by atoms with Crippen molar-refractivity contribution in [3.8, 4) is 0 Å². The van der Waals surface area contributed by atoms with E-state index in [2.05, 4.69) is 41.8 Å². The van der Waals surface area contributed by atoms with Gasteiger partial charge in [0, 0.05) is 28.8 Å². The summed E-state index contributed by atoms with van der Waals surface area (Å²) in [4.78, 5) is 4.61. The van der Waals surface area contributed by atoms with Gasteiger partial charge in [0.2, 0.25) is 0 Å². The highest BCUT2D eigenvalue weighted by Crippen LogP contribution is 2.21. The maximum Gasteiger partial charge on any atom is 0.191 e. The summed E-state index contributed by atoms with van der Waals surface area (Å²) in [6.07, 6.45) is 2.77. The van der Waals surface area contributed by atoms with E-state index in [1.165, 1.54) is 0 Å². The topological polar surface area (TPSA) is 66.6 Å². The Balaban J connectivity index is 1.63. The van der Waals surface area contributed by atoms with Crippen molar-refractivity contribution >= 4 is 39.1 Å². The number of fused-ring (bicyclic) bond motifs is 1. The Labute approximate surface area is 165 Å². The third-order valence-corrected chi connectivity index (χ3v) is 4.81. The highest BCUT2D eigenvalue weighted by atomic mass is 79.9. The first-order chi connectivity index (χ1) is 12.7. The molecule has 0 saturated carbocycles. The number of hydrogen-bond acceptors (Lipinski definition) is 3. The summed E-state index contributed by atoms with van der Waals surface area (Å²) in [5.74, 6) is 1.55. The van der Waals surface area contributed by atoms with Gasteiger partial charge in [-0.3, -0.25) is 4.40 Å². The van der Waals surface area contributed by atoms with Gasteiger partial charge in [-0.25, -0.2) is 4.99 Å². The van der Waals surface area contributed by atoms with Crippen molar-refractivity contribution in [1.29, 1.82) is 0 Å². The van der Waals surface area contributed by atoms with Gasteiger partial charge in [-0.15, -0.1) is 10.2 Å². The van der Waals surface area contributed by atoms with E-state index in [1.807, 2.05) is 53.9 Å².